The molecule has 0 saturated heterocycles. The second-order valence-electron chi connectivity index (χ2n) is 4.26. The first-order valence-electron chi connectivity index (χ1n) is 6.07. The van der Waals surface area contributed by atoms with E-state index in [1.807, 2.05) is 6.92 Å². The number of hydrogen-bond acceptors (Lipinski definition) is 5. The summed E-state index contributed by atoms with van der Waals surface area (Å²) in [7, 11) is -3.52. The summed E-state index contributed by atoms with van der Waals surface area (Å²) in [6.07, 6.45) is 2.40. The van der Waals surface area contributed by atoms with Crippen LogP contribution >= 0.6 is 0 Å². The first kappa shape index (κ1) is 13.7. The van der Waals surface area contributed by atoms with Crippen LogP contribution in [0.2, 0.25) is 0 Å². The fourth-order valence-corrected chi connectivity index (χ4v) is 3.23. The summed E-state index contributed by atoms with van der Waals surface area (Å²) >= 11 is 0. The molecule has 0 unspecified atom stereocenters. The maximum atomic E-state index is 12.3. The molecule has 2 heterocycles. The molecule has 19 heavy (non-hydrogen) atoms. The lowest BCUT2D eigenvalue weighted by molar-refractivity contribution is 0.550. The minimum absolute atomic E-state index is 0.0255. The molecular weight excluding hydrogens is 264 g/mol. The lowest BCUT2D eigenvalue weighted by Crippen LogP contribution is -2.14. The van der Waals surface area contributed by atoms with Gasteiger partial charge in [-0.25, -0.2) is 8.42 Å². The third kappa shape index (κ3) is 2.98. The number of hydrogen-bond donors (Lipinski definition) is 0. The van der Waals surface area contributed by atoms with Gasteiger partial charge < -0.3 is 4.57 Å². The Bertz CT molecular complexity index is 650. The lowest BCUT2D eigenvalue weighted by atomic mass is 10.4. The minimum atomic E-state index is -3.52. The fourth-order valence-electron chi connectivity index (χ4n) is 1.82. The van der Waals surface area contributed by atoms with E-state index in [2.05, 4.69) is 15.2 Å². The van der Waals surface area contributed by atoms with E-state index in [1.165, 1.54) is 0 Å². The molecule has 2 rings (SSSR count). The zero-order valence-corrected chi connectivity index (χ0v) is 11.8. The molecule has 0 aliphatic rings. The highest BCUT2D eigenvalue weighted by Crippen LogP contribution is 2.15. The molecule has 0 aliphatic carbocycles. The van der Waals surface area contributed by atoms with Crippen molar-refractivity contribution in [1.82, 2.24) is 19.7 Å². The van der Waals surface area contributed by atoms with Crippen molar-refractivity contribution in [2.45, 2.75) is 37.7 Å². The summed E-state index contributed by atoms with van der Waals surface area (Å²) in [4.78, 5) is 4.04. The van der Waals surface area contributed by atoms with Crippen molar-refractivity contribution in [1.29, 1.82) is 0 Å². The number of nitrogens with zero attached hydrogens (tertiary/aromatic N) is 4. The quantitative estimate of drug-likeness (QED) is 0.826. The van der Waals surface area contributed by atoms with Crippen molar-refractivity contribution in [3.63, 3.8) is 0 Å². The van der Waals surface area contributed by atoms with E-state index >= 15 is 0 Å². The number of sulfone groups is 1. The summed E-state index contributed by atoms with van der Waals surface area (Å²) in [6.45, 7) is 4.33. The lowest BCUT2D eigenvalue weighted by Gasteiger charge is -2.07. The number of aromatic nitrogens is 4. The predicted molar refractivity (Wildman–Crippen MR) is 70.2 cm³/mol. The number of aryl methyl sites for hydroxylation is 1. The molecule has 2 aromatic rings. The van der Waals surface area contributed by atoms with Crippen LogP contribution in [0.1, 0.15) is 24.9 Å². The van der Waals surface area contributed by atoms with Crippen LogP contribution in [0.3, 0.4) is 0 Å². The van der Waals surface area contributed by atoms with Gasteiger partial charge in [-0.15, -0.1) is 10.2 Å². The summed E-state index contributed by atoms with van der Waals surface area (Å²) in [6, 6.07) is 5.20. The molecule has 0 spiro atoms. The average Bonchev–Trinajstić information content (AvgIpc) is 2.73. The van der Waals surface area contributed by atoms with E-state index in [9.17, 15) is 8.42 Å². The van der Waals surface area contributed by atoms with E-state index in [4.69, 9.17) is 0 Å². The van der Waals surface area contributed by atoms with Gasteiger partial charge in [0.2, 0.25) is 15.0 Å². The summed E-state index contributed by atoms with van der Waals surface area (Å²) < 4.78 is 26.3. The monoisotopic (exact) mass is 280 g/mol. The Kier molecular flexibility index (Phi) is 3.94. The molecule has 0 radical (unpaired) electrons. The van der Waals surface area contributed by atoms with Gasteiger partial charge in [0.1, 0.15) is 11.6 Å². The Labute approximate surface area is 112 Å². The molecule has 0 aliphatic heterocycles. The normalized spacial score (nSPS) is 11.7. The topological polar surface area (TPSA) is 77.7 Å². The smallest absolute Gasteiger partial charge is 0.250 e. The highest BCUT2D eigenvalue weighted by Gasteiger charge is 2.24. The van der Waals surface area contributed by atoms with Crippen molar-refractivity contribution < 1.29 is 8.42 Å². The zero-order valence-electron chi connectivity index (χ0n) is 10.9. The molecule has 102 valence electrons. The van der Waals surface area contributed by atoms with Gasteiger partial charge in [0, 0.05) is 12.7 Å². The highest BCUT2D eigenvalue weighted by molar-refractivity contribution is 7.90. The van der Waals surface area contributed by atoms with Gasteiger partial charge in [-0.05, 0) is 25.5 Å². The zero-order chi connectivity index (χ0) is 13.9. The van der Waals surface area contributed by atoms with Crippen molar-refractivity contribution in [2.75, 3.05) is 0 Å². The van der Waals surface area contributed by atoms with Crippen molar-refractivity contribution >= 4 is 9.84 Å². The Balaban J connectivity index is 2.35. The van der Waals surface area contributed by atoms with Crippen LogP contribution in [0.4, 0.5) is 0 Å². The molecule has 7 heteroatoms. The molecule has 6 nitrogen and oxygen atoms in total. The first-order valence-corrected chi connectivity index (χ1v) is 7.72. The summed E-state index contributed by atoms with van der Waals surface area (Å²) in [5, 5.41) is 7.68. The number of pyridine rings is 1. The van der Waals surface area contributed by atoms with Crippen LogP contribution in [0, 0.1) is 6.92 Å². The van der Waals surface area contributed by atoms with Crippen LogP contribution in [0.5, 0.6) is 0 Å². The number of rotatable bonds is 5. The van der Waals surface area contributed by atoms with Gasteiger partial charge in [-0.3, -0.25) is 4.98 Å². The van der Waals surface area contributed by atoms with Crippen LogP contribution in [-0.4, -0.2) is 28.2 Å². The van der Waals surface area contributed by atoms with E-state index in [1.54, 1.807) is 35.9 Å². The van der Waals surface area contributed by atoms with Crippen LogP contribution in [0.25, 0.3) is 0 Å². The molecule has 0 aromatic carbocycles. The Morgan fingerprint density at radius 1 is 1.26 bits per heavy atom. The maximum Gasteiger partial charge on any atom is 0.250 e. The van der Waals surface area contributed by atoms with E-state index in [0.29, 0.717) is 18.1 Å². The maximum absolute atomic E-state index is 12.3. The Morgan fingerprint density at radius 2 is 2.05 bits per heavy atom. The van der Waals surface area contributed by atoms with Gasteiger partial charge in [0.05, 0.1) is 5.69 Å². The van der Waals surface area contributed by atoms with Crippen molar-refractivity contribution in [3.05, 3.63) is 35.9 Å². The molecule has 0 bridgehead atoms. The Hall–Kier alpha value is -1.76. The molecule has 2 aromatic heterocycles. The minimum Gasteiger partial charge on any atom is -0.302 e. The van der Waals surface area contributed by atoms with E-state index in [-0.39, 0.29) is 10.9 Å². The third-order valence-electron chi connectivity index (χ3n) is 2.69. The predicted octanol–water partition coefficient (Wildman–Crippen LogP) is 1.37. The van der Waals surface area contributed by atoms with Crippen LogP contribution in [0.15, 0.2) is 29.6 Å². The highest BCUT2D eigenvalue weighted by atomic mass is 32.2. The fraction of sp³-hybridized carbons (Fsp3) is 0.417. The van der Waals surface area contributed by atoms with Crippen LogP contribution < -0.4 is 0 Å². The molecule has 0 saturated carbocycles. The van der Waals surface area contributed by atoms with Gasteiger partial charge in [0.15, 0.2) is 0 Å². The SMILES string of the molecule is CCCn1c(C)nnc1S(=O)(=O)Cc1ccccn1. The summed E-state index contributed by atoms with van der Waals surface area (Å²) in [5.74, 6) is 0.455. The van der Waals surface area contributed by atoms with Gasteiger partial charge in [-0.1, -0.05) is 13.0 Å². The second kappa shape index (κ2) is 5.48. The largest absolute Gasteiger partial charge is 0.302 e. The van der Waals surface area contributed by atoms with Crippen LogP contribution in [-0.2, 0) is 22.1 Å². The average molecular weight is 280 g/mol. The molecule has 0 N–H and O–H groups in total. The third-order valence-corrected chi connectivity index (χ3v) is 4.23. The van der Waals surface area contributed by atoms with E-state index in [0.717, 1.165) is 6.42 Å². The van der Waals surface area contributed by atoms with Gasteiger partial charge in [0.25, 0.3) is 0 Å². The van der Waals surface area contributed by atoms with Crippen molar-refractivity contribution in [3.8, 4) is 0 Å². The standard InChI is InChI=1S/C12H16N4O2S/c1-3-8-16-10(2)14-15-12(16)19(17,18)9-11-6-4-5-7-13-11/h4-7H,3,8-9H2,1-2H3. The van der Waals surface area contributed by atoms with Gasteiger partial charge >= 0.3 is 0 Å². The second-order valence-corrected chi connectivity index (χ2v) is 6.14. The molecular formula is C12H16N4O2S. The first-order chi connectivity index (χ1) is 9.04. The molecule has 0 amide bonds. The molecule has 0 fully saturated rings. The van der Waals surface area contributed by atoms with Gasteiger partial charge in [-0.2, -0.15) is 0 Å². The molecule has 0 atom stereocenters. The Morgan fingerprint density at radius 3 is 2.68 bits per heavy atom. The summed E-state index contributed by atoms with van der Waals surface area (Å²) in [5.41, 5.74) is 0.506. The van der Waals surface area contributed by atoms with Crippen molar-refractivity contribution in [2.24, 2.45) is 0 Å². The van der Waals surface area contributed by atoms with E-state index < -0.39 is 9.84 Å².